The van der Waals surface area contributed by atoms with Gasteiger partial charge in [-0.15, -0.1) is 0 Å². The fourth-order valence-corrected chi connectivity index (χ4v) is 6.23. The van der Waals surface area contributed by atoms with Gasteiger partial charge in [-0.25, -0.2) is 28.8 Å². The number of hydrogen-bond acceptors (Lipinski definition) is 8. The number of aryl methyl sites for hydroxylation is 1. The van der Waals surface area contributed by atoms with Gasteiger partial charge in [0.05, 0.1) is 11.2 Å². The number of ether oxygens (including phenoxy) is 1. The number of nitrogens with one attached hydrogen (secondary N) is 1. The summed E-state index contributed by atoms with van der Waals surface area (Å²) in [4.78, 5) is 32.1. The lowest BCUT2D eigenvalue weighted by Gasteiger charge is -2.37. The molecule has 0 radical (unpaired) electrons. The van der Waals surface area contributed by atoms with Crippen molar-refractivity contribution in [2.24, 2.45) is 11.8 Å². The molecule has 2 atom stereocenters. The molecule has 1 N–H and O–H groups in total. The smallest absolute Gasteiger partial charge is 0.245 e. The number of rotatable bonds is 6. The number of carbonyl (C=O) groups excluding carboxylic acids is 1. The summed E-state index contributed by atoms with van der Waals surface area (Å²) in [6.45, 7) is 6.90. The zero-order valence-corrected chi connectivity index (χ0v) is 22.4. The zero-order valence-electron chi connectivity index (χ0n) is 22.4. The molecule has 5 aromatic rings. The predicted octanol–water partition coefficient (Wildman–Crippen LogP) is 5.19. The van der Waals surface area contributed by atoms with Gasteiger partial charge >= 0.3 is 0 Å². The number of aromatic nitrogens is 6. The molecule has 2 unspecified atom stereocenters. The van der Waals surface area contributed by atoms with Crippen LogP contribution in [0, 0.1) is 24.6 Å². The number of hydrogen-bond donors (Lipinski definition) is 1. The molecular weight excluding hydrogens is 523 g/mol. The number of piperidine rings is 1. The minimum Gasteiger partial charge on any atom is -0.457 e. The maximum atomic E-state index is 15.4. The molecule has 7 rings (SSSR count). The third-order valence-corrected chi connectivity index (χ3v) is 8.16. The number of anilines is 2. The van der Waals surface area contributed by atoms with Crippen molar-refractivity contribution in [3.63, 3.8) is 0 Å². The van der Waals surface area contributed by atoms with Crippen molar-refractivity contribution in [1.82, 2.24) is 34.4 Å². The number of fused-ring (bicyclic) bond motifs is 4. The first-order chi connectivity index (χ1) is 20.0. The molecule has 206 valence electrons. The molecule has 4 aromatic heterocycles. The van der Waals surface area contributed by atoms with Crippen molar-refractivity contribution >= 4 is 34.1 Å². The molecule has 5 heterocycles. The van der Waals surface area contributed by atoms with Crippen molar-refractivity contribution in [2.75, 3.05) is 18.4 Å². The van der Waals surface area contributed by atoms with E-state index in [0.717, 1.165) is 24.1 Å². The van der Waals surface area contributed by atoms with Crippen LogP contribution in [-0.2, 0) is 4.79 Å². The van der Waals surface area contributed by atoms with Gasteiger partial charge in [-0.1, -0.05) is 6.58 Å². The second-order valence-electron chi connectivity index (χ2n) is 10.6. The number of likely N-dealkylation sites (tertiary alicyclic amines) is 1. The molecule has 1 aliphatic heterocycles. The van der Waals surface area contributed by atoms with Gasteiger partial charge in [0, 0.05) is 43.0 Å². The highest BCUT2D eigenvalue weighted by molar-refractivity contribution is 5.88. The summed E-state index contributed by atoms with van der Waals surface area (Å²) >= 11 is 0. The number of halogens is 1. The van der Waals surface area contributed by atoms with E-state index < -0.39 is 5.82 Å². The monoisotopic (exact) mass is 550 g/mol. The molecule has 1 amide bonds. The molecule has 2 fully saturated rings. The molecule has 0 spiro atoms. The maximum Gasteiger partial charge on any atom is 0.245 e. The van der Waals surface area contributed by atoms with Gasteiger partial charge in [0.15, 0.2) is 11.5 Å². The van der Waals surface area contributed by atoms with E-state index in [1.807, 2.05) is 24.0 Å². The molecule has 1 aliphatic carbocycles. The Hall–Kier alpha value is -4.93. The summed E-state index contributed by atoms with van der Waals surface area (Å²) in [7, 11) is 0. The van der Waals surface area contributed by atoms with Crippen LogP contribution in [0.4, 0.5) is 15.9 Å². The van der Waals surface area contributed by atoms with E-state index in [4.69, 9.17) is 9.72 Å². The second kappa shape index (κ2) is 9.92. The van der Waals surface area contributed by atoms with E-state index in [0.29, 0.717) is 58.9 Å². The Labute approximate surface area is 234 Å². The molecule has 1 aromatic carbocycles. The first-order valence-corrected chi connectivity index (χ1v) is 13.5. The minimum atomic E-state index is -0.491. The third kappa shape index (κ3) is 4.52. The predicted molar refractivity (Wildman–Crippen MR) is 151 cm³/mol. The van der Waals surface area contributed by atoms with Gasteiger partial charge in [0.1, 0.15) is 35.5 Å². The van der Waals surface area contributed by atoms with Crippen molar-refractivity contribution in [1.29, 1.82) is 0 Å². The number of carbonyl (C=O) groups is 1. The van der Waals surface area contributed by atoms with Crippen LogP contribution in [0.3, 0.4) is 0 Å². The summed E-state index contributed by atoms with van der Waals surface area (Å²) in [6.07, 6.45) is 8.13. The number of pyridine rings is 2. The van der Waals surface area contributed by atoms with Crippen LogP contribution in [-0.4, -0.2) is 53.4 Å². The lowest BCUT2D eigenvalue weighted by Crippen LogP contribution is -2.43. The second-order valence-corrected chi connectivity index (χ2v) is 10.6. The highest BCUT2D eigenvalue weighted by Gasteiger charge is 2.44. The normalized spacial score (nSPS) is 20.0. The summed E-state index contributed by atoms with van der Waals surface area (Å²) in [5.41, 5.74) is 3.82. The SMILES string of the molecule is C=CC(=O)N1CC2CCC(C1)C2c1ccc2ncnc(Nc3cc(C)c(Oc4ccn5ncnc5c4)cc3F)c2n1. The standard InChI is InChI=1S/C30H27FN8O2/c1-3-27(40)38-13-18-4-5-19(14-38)28(18)22-6-7-23-29(36-22)30(34-15-32-23)37-24-10-17(2)25(12-21(24)31)41-20-8-9-39-26(11-20)33-16-35-39/h3,6-12,15-16,18-19,28H,1,4-5,13-14H2,2H3,(H,32,34,37). The van der Waals surface area contributed by atoms with E-state index in [1.54, 1.807) is 28.9 Å². The van der Waals surface area contributed by atoms with Gasteiger partial charge < -0.3 is 15.0 Å². The highest BCUT2D eigenvalue weighted by Crippen LogP contribution is 2.48. The zero-order chi connectivity index (χ0) is 28.1. The Morgan fingerprint density at radius 1 is 1.10 bits per heavy atom. The van der Waals surface area contributed by atoms with Crippen molar-refractivity contribution in [2.45, 2.75) is 25.7 Å². The van der Waals surface area contributed by atoms with Crippen molar-refractivity contribution in [3.05, 3.63) is 85.0 Å². The molecule has 1 saturated carbocycles. The van der Waals surface area contributed by atoms with E-state index in [1.165, 1.54) is 24.8 Å². The minimum absolute atomic E-state index is 0.0168. The van der Waals surface area contributed by atoms with Gasteiger partial charge in [0.2, 0.25) is 5.91 Å². The Balaban J connectivity index is 1.16. The third-order valence-electron chi connectivity index (χ3n) is 8.16. The molecule has 10 nitrogen and oxygen atoms in total. The average Bonchev–Trinajstić information content (AvgIpc) is 3.55. The van der Waals surface area contributed by atoms with Gasteiger partial charge in [-0.05, 0) is 67.5 Å². The lowest BCUT2D eigenvalue weighted by molar-refractivity contribution is -0.128. The number of amides is 1. The summed E-state index contributed by atoms with van der Waals surface area (Å²) in [5, 5.41) is 7.21. The fraction of sp³-hybridized carbons (Fsp3) is 0.267. The van der Waals surface area contributed by atoms with Crippen LogP contribution in [0.15, 0.2) is 67.9 Å². The molecule has 2 bridgehead atoms. The highest BCUT2D eigenvalue weighted by atomic mass is 19.1. The quantitative estimate of drug-likeness (QED) is 0.288. The van der Waals surface area contributed by atoms with Crippen LogP contribution in [0.25, 0.3) is 16.7 Å². The van der Waals surface area contributed by atoms with Crippen molar-refractivity contribution in [3.8, 4) is 11.5 Å². The Morgan fingerprint density at radius 2 is 1.93 bits per heavy atom. The number of nitrogens with zero attached hydrogens (tertiary/aromatic N) is 7. The maximum absolute atomic E-state index is 15.4. The van der Waals surface area contributed by atoms with Crippen LogP contribution in [0.1, 0.15) is 30.0 Å². The van der Waals surface area contributed by atoms with Crippen LogP contribution < -0.4 is 10.1 Å². The Bertz CT molecular complexity index is 1810. The van der Waals surface area contributed by atoms with E-state index >= 15 is 4.39 Å². The fourth-order valence-electron chi connectivity index (χ4n) is 6.23. The van der Waals surface area contributed by atoms with Crippen LogP contribution >= 0.6 is 0 Å². The van der Waals surface area contributed by atoms with E-state index in [2.05, 4.69) is 31.9 Å². The topological polar surface area (TPSA) is 110 Å². The summed E-state index contributed by atoms with van der Waals surface area (Å²) in [5.74, 6) is 1.75. The first-order valence-electron chi connectivity index (χ1n) is 13.5. The van der Waals surface area contributed by atoms with E-state index in [9.17, 15) is 4.79 Å². The van der Waals surface area contributed by atoms with Crippen molar-refractivity contribution < 1.29 is 13.9 Å². The average molecular weight is 551 g/mol. The first kappa shape index (κ1) is 25.1. The lowest BCUT2D eigenvalue weighted by atomic mass is 9.82. The molecule has 11 heteroatoms. The Kier molecular flexibility index (Phi) is 6.06. The largest absolute Gasteiger partial charge is 0.457 e. The summed E-state index contributed by atoms with van der Waals surface area (Å²) < 4.78 is 22.9. The van der Waals surface area contributed by atoms with Gasteiger partial charge in [-0.2, -0.15) is 5.10 Å². The summed E-state index contributed by atoms with van der Waals surface area (Å²) in [6, 6.07) is 10.5. The molecular formula is C30H27FN8O2. The molecule has 1 saturated heterocycles. The van der Waals surface area contributed by atoms with Crippen LogP contribution in [0.2, 0.25) is 0 Å². The molecule has 2 aliphatic rings. The van der Waals surface area contributed by atoms with Gasteiger partial charge in [-0.3, -0.25) is 4.79 Å². The van der Waals surface area contributed by atoms with E-state index in [-0.39, 0.29) is 17.5 Å². The number of benzene rings is 1. The Morgan fingerprint density at radius 3 is 2.73 bits per heavy atom. The van der Waals surface area contributed by atoms with Gasteiger partial charge in [0.25, 0.3) is 0 Å². The molecule has 41 heavy (non-hydrogen) atoms. The van der Waals surface area contributed by atoms with Crippen LogP contribution in [0.5, 0.6) is 11.5 Å².